The van der Waals surface area contributed by atoms with E-state index in [1.165, 1.54) is 0 Å². The summed E-state index contributed by atoms with van der Waals surface area (Å²) in [6.07, 6.45) is 3.37. The summed E-state index contributed by atoms with van der Waals surface area (Å²) < 4.78 is 0.801. The van der Waals surface area contributed by atoms with Crippen molar-refractivity contribution < 1.29 is 9.90 Å². The van der Waals surface area contributed by atoms with E-state index in [1.807, 2.05) is 0 Å². The summed E-state index contributed by atoms with van der Waals surface area (Å²) in [6.45, 7) is 4.70. The Morgan fingerprint density at radius 3 is 2.57 bits per heavy atom. The van der Waals surface area contributed by atoms with E-state index in [1.54, 1.807) is 18.2 Å². The second-order valence-electron chi connectivity index (χ2n) is 6.70. The third-order valence-electron chi connectivity index (χ3n) is 4.29. The highest BCUT2D eigenvalue weighted by atomic mass is 79.9. The zero-order valence-electron chi connectivity index (χ0n) is 12.4. The molecule has 1 fully saturated rings. The second-order valence-corrected chi connectivity index (χ2v) is 8.02. The van der Waals surface area contributed by atoms with Crippen molar-refractivity contribution in [1.29, 1.82) is 0 Å². The quantitative estimate of drug-likeness (QED) is 0.834. The molecule has 1 aliphatic carbocycles. The van der Waals surface area contributed by atoms with Crippen LogP contribution in [-0.4, -0.2) is 23.2 Å². The molecule has 0 unspecified atom stereocenters. The van der Waals surface area contributed by atoms with Crippen LogP contribution in [0, 0.1) is 5.41 Å². The van der Waals surface area contributed by atoms with Crippen LogP contribution in [0.2, 0.25) is 5.02 Å². The van der Waals surface area contributed by atoms with Gasteiger partial charge in [-0.2, -0.15) is 0 Å². The summed E-state index contributed by atoms with van der Waals surface area (Å²) in [5.74, 6) is -0.250. The number of halogens is 2. The van der Waals surface area contributed by atoms with E-state index in [9.17, 15) is 9.90 Å². The van der Waals surface area contributed by atoms with Gasteiger partial charge in [-0.3, -0.25) is 4.79 Å². The van der Waals surface area contributed by atoms with Crippen LogP contribution in [-0.2, 0) is 0 Å². The predicted octanol–water partition coefficient (Wildman–Crippen LogP) is 4.16. The number of aliphatic hydroxyl groups is 1. The zero-order chi connectivity index (χ0) is 15.7. The zero-order valence-corrected chi connectivity index (χ0v) is 14.7. The summed E-state index contributed by atoms with van der Waals surface area (Å²) in [7, 11) is 0. The molecule has 1 amide bonds. The Morgan fingerprint density at radius 2 is 1.95 bits per heavy atom. The number of amides is 1. The molecule has 116 valence electrons. The van der Waals surface area contributed by atoms with E-state index in [4.69, 9.17) is 11.6 Å². The Hall–Kier alpha value is -0.580. The van der Waals surface area contributed by atoms with Crippen molar-refractivity contribution in [2.24, 2.45) is 5.41 Å². The normalized spacial score (nSPS) is 20.0. The van der Waals surface area contributed by atoms with Gasteiger partial charge in [0.1, 0.15) is 0 Å². The lowest BCUT2D eigenvalue weighted by Crippen LogP contribution is -2.46. The first-order valence-electron chi connectivity index (χ1n) is 7.17. The third kappa shape index (κ3) is 4.44. The number of rotatable bonds is 3. The maximum atomic E-state index is 12.2. The van der Waals surface area contributed by atoms with Gasteiger partial charge in [0, 0.05) is 11.0 Å². The van der Waals surface area contributed by atoms with E-state index in [-0.39, 0.29) is 17.9 Å². The first-order chi connectivity index (χ1) is 9.71. The number of benzene rings is 1. The van der Waals surface area contributed by atoms with Gasteiger partial charge in [-0.25, -0.2) is 0 Å². The molecule has 0 bridgehead atoms. The van der Waals surface area contributed by atoms with Gasteiger partial charge in [0.15, 0.2) is 0 Å². The lowest BCUT2D eigenvalue weighted by Gasteiger charge is -2.40. The predicted molar refractivity (Wildman–Crippen MR) is 88.7 cm³/mol. The fourth-order valence-electron chi connectivity index (χ4n) is 2.58. The molecule has 1 saturated carbocycles. The molecule has 2 N–H and O–H groups in total. The topological polar surface area (TPSA) is 49.3 Å². The van der Waals surface area contributed by atoms with Gasteiger partial charge in [-0.15, -0.1) is 0 Å². The van der Waals surface area contributed by atoms with Gasteiger partial charge in [0.05, 0.1) is 16.2 Å². The maximum Gasteiger partial charge on any atom is 0.252 e. The Kier molecular flexibility index (Phi) is 5.01. The lowest BCUT2D eigenvalue weighted by atomic mass is 9.71. The van der Waals surface area contributed by atoms with Gasteiger partial charge in [0.2, 0.25) is 0 Å². The van der Waals surface area contributed by atoms with Crippen molar-refractivity contribution in [3.8, 4) is 0 Å². The molecule has 0 aromatic heterocycles. The second kappa shape index (κ2) is 6.27. The van der Waals surface area contributed by atoms with Gasteiger partial charge < -0.3 is 10.4 Å². The monoisotopic (exact) mass is 373 g/mol. The fraction of sp³-hybridized carbons (Fsp3) is 0.562. The van der Waals surface area contributed by atoms with E-state index in [0.717, 1.165) is 17.3 Å². The highest BCUT2D eigenvalue weighted by Crippen LogP contribution is 2.39. The number of carbonyl (C=O) groups excluding carboxylic acids is 1. The maximum absolute atomic E-state index is 12.2. The van der Waals surface area contributed by atoms with Crippen molar-refractivity contribution in [1.82, 2.24) is 5.32 Å². The molecule has 1 aromatic rings. The number of nitrogens with one attached hydrogen (secondary N) is 1. The summed E-state index contributed by atoms with van der Waals surface area (Å²) in [4.78, 5) is 12.2. The minimum absolute atomic E-state index is 0.250. The highest BCUT2D eigenvalue weighted by Gasteiger charge is 2.36. The van der Waals surface area contributed by atoms with Crippen molar-refractivity contribution in [3.05, 3.63) is 33.3 Å². The first-order valence-corrected chi connectivity index (χ1v) is 8.34. The Labute approximate surface area is 139 Å². The molecule has 0 saturated heterocycles. The molecule has 1 aromatic carbocycles. The van der Waals surface area contributed by atoms with Gasteiger partial charge in [-0.05, 0) is 49.3 Å². The number of hydrogen-bond donors (Lipinski definition) is 2. The van der Waals surface area contributed by atoms with E-state index < -0.39 is 5.60 Å². The molecule has 2 rings (SSSR count). The van der Waals surface area contributed by atoms with Crippen LogP contribution in [0.1, 0.15) is 49.9 Å². The lowest BCUT2D eigenvalue weighted by molar-refractivity contribution is -0.0233. The summed E-state index contributed by atoms with van der Waals surface area (Å²) in [5, 5.41) is 13.8. The molecule has 0 aliphatic heterocycles. The highest BCUT2D eigenvalue weighted by molar-refractivity contribution is 9.10. The van der Waals surface area contributed by atoms with Crippen molar-refractivity contribution in [3.63, 3.8) is 0 Å². The van der Waals surface area contributed by atoms with E-state index in [2.05, 4.69) is 35.1 Å². The molecular weight excluding hydrogens is 354 g/mol. The summed E-state index contributed by atoms with van der Waals surface area (Å²) in [5.41, 5.74) is -0.0983. The van der Waals surface area contributed by atoms with Crippen LogP contribution in [0.4, 0.5) is 0 Å². The summed E-state index contributed by atoms with van der Waals surface area (Å²) in [6, 6.07) is 5.15. The molecule has 0 heterocycles. The molecule has 1 aliphatic rings. The minimum Gasteiger partial charge on any atom is -0.388 e. The number of carbonyl (C=O) groups is 1. The van der Waals surface area contributed by atoms with Crippen LogP contribution < -0.4 is 5.32 Å². The molecule has 3 nitrogen and oxygen atoms in total. The smallest absolute Gasteiger partial charge is 0.252 e. The fourth-order valence-corrected chi connectivity index (χ4v) is 3.14. The van der Waals surface area contributed by atoms with Crippen LogP contribution in [0.25, 0.3) is 0 Å². The standard InChI is InChI=1S/C16H21BrClNO2/c1-15(2)5-7-16(21,8-6-15)10-19-14(20)12-9-11(17)3-4-13(12)18/h3-4,9,21H,5-8,10H2,1-2H3,(H,19,20). The molecule has 0 atom stereocenters. The average Bonchev–Trinajstić information content (AvgIpc) is 2.43. The minimum atomic E-state index is -0.802. The van der Waals surface area contributed by atoms with Crippen LogP contribution in [0.5, 0.6) is 0 Å². The third-order valence-corrected chi connectivity index (χ3v) is 5.11. The number of hydrogen-bond acceptors (Lipinski definition) is 2. The van der Waals surface area contributed by atoms with E-state index >= 15 is 0 Å². The largest absolute Gasteiger partial charge is 0.388 e. The summed E-state index contributed by atoms with van der Waals surface area (Å²) >= 11 is 9.37. The van der Waals surface area contributed by atoms with Crippen molar-refractivity contribution in [2.75, 3.05) is 6.54 Å². The van der Waals surface area contributed by atoms with Crippen LogP contribution in [0.15, 0.2) is 22.7 Å². The van der Waals surface area contributed by atoms with Gasteiger partial charge in [-0.1, -0.05) is 41.4 Å². The Bertz CT molecular complexity index is 535. The van der Waals surface area contributed by atoms with Gasteiger partial charge in [0.25, 0.3) is 5.91 Å². The van der Waals surface area contributed by atoms with Crippen LogP contribution >= 0.6 is 27.5 Å². The van der Waals surface area contributed by atoms with Crippen molar-refractivity contribution >= 4 is 33.4 Å². The molecular formula is C16H21BrClNO2. The average molecular weight is 375 g/mol. The van der Waals surface area contributed by atoms with Gasteiger partial charge >= 0.3 is 0 Å². The Balaban J connectivity index is 1.97. The molecule has 0 radical (unpaired) electrons. The molecule has 21 heavy (non-hydrogen) atoms. The first kappa shape index (κ1) is 16.8. The molecule has 0 spiro atoms. The SMILES string of the molecule is CC1(C)CCC(O)(CNC(=O)c2cc(Br)ccc2Cl)CC1. The van der Waals surface area contributed by atoms with E-state index in [0.29, 0.717) is 23.4 Å². The van der Waals surface area contributed by atoms with Crippen molar-refractivity contribution in [2.45, 2.75) is 45.1 Å². The van der Waals surface area contributed by atoms with Crippen LogP contribution in [0.3, 0.4) is 0 Å². The Morgan fingerprint density at radius 1 is 1.33 bits per heavy atom. The molecule has 5 heteroatoms.